The second kappa shape index (κ2) is 6.88. The molecule has 0 radical (unpaired) electrons. The molecule has 3 aromatic rings. The van der Waals surface area contributed by atoms with E-state index >= 15 is 0 Å². The number of benzene rings is 2. The van der Waals surface area contributed by atoms with Crippen LogP contribution in [0.15, 0.2) is 65.1 Å². The van der Waals surface area contributed by atoms with Crippen LogP contribution in [0.3, 0.4) is 0 Å². The normalized spacial score (nSPS) is 10.9. The summed E-state index contributed by atoms with van der Waals surface area (Å²) in [5, 5.41) is 1.33. The zero-order chi connectivity index (χ0) is 16.4. The molecule has 5 heteroatoms. The minimum absolute atomic E-state index is 0.0364. The number of hydrogen-bond acceptors (Lipinski definition) is 3. The van der Waals surface area contributed by atoms with Crippen LogP contribution in [0, 0.1) is 10.5 Å². The molecule has 0 fully saturated rings. The summed E-state index contributed by atoms with van der Waals surface area (Å²) in [7, 11) is 0. The summed E-state index contributed by atoms with van der Waals surface area (Å²) < 4.78 is 2.72. The van der Waals surface area contributed by atoms with Gasteiger partial charge in [-0.1, -0.05) is 30.0 Å². The van der Waals surface area contributed by atoms with Gasteiger partial charge in [0.1, 0.15) is 0 Å². The second-order valence-electron chi connectivity index (χ2n) is 5.14. The van der Waals surface area contributed by atoms with Gasteiger partial charge in [0.25, 0.3) is 5.56 Å². The minimum atomic E-state index is -0.0364. The summed E-state index contributed by atoms with van der Waals surface area (Å²) in [5.74, 6) is 0.703. The molecule has 3 rings (SSSR count). The molecule has 116 valence electrons. The highest BCUT2D eigenvalue weighted by Gasteiger charge is 2.13. The zero-order valence-corrected chi connectivity index (χ0v) is 15.6. The number of hydrogen-bond donors (Lipinski definition) is 0. The van der Waals surface area contributed by atoms with Crippen molar-refractivity contribution >= 4 is 45.3 Å². The summed E-state index contributed by atoms with van der Waals surface area (Å²) in [5.41, 5.74) is 2.64. The van der Waals surface area contributed by atoms with Gasteiger partial charge in [0, 0.05) is 9.32 Å². The third kappa shape index (κ3) is 3.35. The Labute approximate surface area is 152 Å². The van der Waals surface area contributed by atoms with Crippen molar-refractivity contribution in [2.75, 3.05) is 5.75 Å². The van der Waals surface area contributed by atoms with Crippen molar-refractivity contribution in [1.82, 2.24) is 9.55 Å². The van der Waals surface area contributed by atoms with Crippen molar-refractivity contribution in [2.45, 2.75) is 12.1 Å². The van der Waals surface area contributed by atoms with E-state index in [1.54, 1.807) is 4.57 Å². The lowest BCUT2D eigenvalue weighted by atomic mass is 10.2. The Hall–Kier alpha value is -1.60. The Balaban J connectivity index is 2.33. The van der Waals surface area contributed by atoms with Gasteiger partial charge in [0.2, 0.25) is 0 Å². The predicted octanol–water partition coefficient (Wildman–Crippen LogP) is 4.58. The molecular weight excluding hydrogens is 419 g/mol. The molecule has 0 spiro atoms. The maximum Gasteiger partial charge on any atom is 0.266 e. The topological polar surface area (TPSA) is 34.9 Å². The van der Waals surface area contributed by atoms with Crippen LogP contribution in [0.4, 0.5) is 0 Å². The van der Waals surface area contributed by atoms with E-state index in [2.05, 4.69) is 29.2 Å². The summed E-state index contributed by atoms with van der Waals surface area (Å²) in [4.78, 5) is 17.8. The van der Waals surface area contributed by atoms with Crippen molar-refractivity contribution in [2.24, 2.45) is 0 Å². The average molecular weight is 434 g/mol. The first-order valence-electron chi connectivity index (χ1n) is 7.13. The molecule has 0 aliphatic carbocycles. The summed E-state index contributed by atoms with van der Waals surface area (Å²) in [6.45, 7) is 5.77. The Morgan fingerprint density at radius 1 is 1.30 bits per heavy atom. The predicted molar refractivity (Wildman–Crippen MR) is 106 cm³/mol. The highest BCUT2D eigenvalue weighted by molar-refractivity contribution is 14.1. The first-order chi connectivity index (χ1) is 11.1. The number of aryl methyl sites for hydroxylation is 1. The first-order valence-corrected chi connectivity index (χ1v) is 9.19. The van der Waals surface area contributed by atoms with E-state index in [0.717, 1.165) is 20.3 Å². The van der Waals surface area contributed by atoms with Crippen molar-refractivity contribution in [3.05, 3.63) is 74.6 Å². The fourth-order valence-corrected chi connectivity index (χ4v) is 3.60. The smallest absolute Gasteiger partial charge is 0.266 e. The van der Waals surface area contributed by atoms with Crippen LogP contribution in [0.1, 0.15) is 5.56 Å². The molecule has 0 atom stereocenters. The Morgan fingerprint density at radius 2 is 2.13 bits per heavy atom. The van der Waals surface area contributed by atoms with E-state index in [1.807, 2.05) is 55.5 Å². The van der Waals surface area contributed by atoms with Gasteiger partial charge in [-0.25, -0.2) is 4.98 Å². The lowest BCUT2D eigenvalue weighted by Gasteiger charge is -2.13. The second-order valence-corrected chi connectivity index (χ2v) is 7.37. The molecule has 0 aliphatic heterocycles. The summed E-state index contributed by atoms with van der Waals surface area (Å²) in [6, 6.07) is 13.7. The number of fused-ring (bicyclic) bond motifs is 1. The molecule has 1 aromatic heterocycles. The highest BCUT2D eigenvalue weighted by Crippen LogP contribution is 2.22. The average Bonchev–Trinajstić information content (AvgIpc) is 2.53. The van der Waals surface area contributed by atoms with Crippen LogP contribution in [0.2, 0.25) is 0 Å². The monoisotopic (exact) mass is 434 g/mol. The lowest BCUT2D eigenvalue weighted by Crippen LogP contribution is -2.22. The number of thioether (sulfide) groups is 1. The van der Waals surface area contributed by atoms with E-state index in [-0.39, 0.29) is 5.56 Å². The van der Waals surface area contributed by atoms with E-state index in [1.165, 1.54) is 11.8 Å². The number of rotatable bonds is 4. The molecule has 1 heterocycles. The van der Waals surface area contributed by atoms with Gasteiger partial charge in [0.05, 0.1) is 16.6 Å². The third-order valence-corrected chi connectivity index (χ3v) is 5.00. The van der Waals surface area contributed by atoms with Crippen molar-refractivity contribution in [3.8, 4) is 5.69 Å². The molecule has 23 heavy (non-hydrogen) atoms. The van der Waals surface area contributed by atoms with E-state index in [0.29, 0.717) is 16.3 Å². The Morgan fingerprint density at radius 3 is 2.87 bits per heavy atom. The standard InChI is InChI=1S/C18H15IN2OS/c1-3-9-23-18-20-16-8-7-13(19)11-15(16)17(22)21(18)14-6-4-5-12(2)10-14/h3-8,10-11H,1,9H2,2H3. The minimum Gasteiger partial charge on any atom is -0.268 e. The molecule has 3 nitrogen and oxygen atoms in total. The molecule has 0 aliphatic rings. The van der Waals surface area contributed by atoms with E-state index in [9.17, 15) is 4.79 Å². The maximum atomic E-state index is 13.1. The van der Waals surface area contributed by atoms with Gasteiger partial charge in [-0.15, -0.1) is 6.58 Å². The van der Waals surface area contributed by atoms with Gasteiger partial charge >= 0.3 is 0 Å². The van der Waals surface area contributed by atoms with Gasteiger partial charge in [0.15, 0.2) is 5.16 Å². The number of nitrogens with zero attached hydrogens (tertiary/aromatic N) is 2. The molecule has 2 aromatic carbocycles. The SMILES string of the molecule is C=CCSc1nc2ccc(I)cc2c(=O)n1-c1cccc(C)c1. The van der Waals surface area contributed by atoms with Crippen LogP contribution in [-0.4, -0.2) is 15.3 Å². The van der Waals surface area contributed by atoms with E-state index < -0.39 is 0 Å². The van der Waals surface area contributed by atoms with Crippen LogP contribution >= 0.6 is 34.4 Å². The molecule has 0 saturated carbocycles. The quantitative estimate of drug-likeness (QED) is 0.261. The van der Waals surface area contributed by atoms with Crippen LogP contribution < -0.4 is 5.56 Å². The largest absolute Gasteiger partial charge is 0.268 e. The van der Waals surface area contributed by atoms with Crippen molar-refractivity contribution in [3.63, 3.8) is 0 Å². The van der Waals surface area contributed by atoms with Crippen LogP contribution in [0.25, 0.3) is 16.6 Å². The van der Waals surface area contributed by atoms with Crippen LogP contribution in [0.5, 0.6) is 0 Å². The zero-order valence-electron chi connectivity index (χ0n) is 12.6. The molecule has 0 amide bonds. The molecular formula is C18H15IN2OS. The molecule has 0 N–H and O–H groups in total. The number of aromatic nitrogens is 2. The third-order valence-electron chi connectivity index (χ3n) is 3.39. The van der Waals surface area contributed by atoms with E-state index in [4.69, 9.17) is 4.98 Å². The van der Waals surface area contributed by atoms with Crippen molar-refractivity contribution in [1.29, 1.82) is 0 Å². The fraction of sp³-hybridized carbons (Fsp3) is 0.111. The summed E-state index contributed by atoms with van der Waals surface area (Å²) >= 11 is 3.73. The molecule has 0 saturated heterocycles. The summed E-state index contributed by atoms with van der Waals surface area (Å²) in [6.07, 6.45) is 1.82. The van der Waals surface area contributed by atoms with Gasteiger partial charge in [-0.2, -0.15) is 0 Å². The Bertz CT molecular complexity index is 949. The molecule has 0 unspecified atom stereocenters. The lowest BCUT2D eigenvalue weighted by molar-refractivity contribution is 0.820. The first kappa shape index (κ1) is 16.3. The highest BCUT2D eigenvalue weighted by atomic mass is 127. The van der Waals surface area contributed by atoms with Gasteiger partial charge < -0.3 is 0 Å². The van der Waals surface area contributed by atoms with Crippen molar-refractivity contribution < 1.29 is 0 Å². The Kier molecular flexibility index (Phi) is 4.87. The fourth-order valence-electron chi connectivity index (χ4n) is 2.36. The molecule has 0 bridgehead atoms. The maximum absolute atomic E-state index is 13.1. The van der Waals surface area contributed by atoms with Gasteiger partial charge in [-0.05, 0) is 65.4 Å². The number of halogens is 1. The van der Waals surface area contributed by atoms with Gasteiger partial charge in [-0.3, -0.25) is 9.36 Å². The van der Waals surface area contributed by atoms with Crippen LogP contribution in [-0.2, 0) is 0 Å².